The minimum absolute atomic E-state index is 0.456. The van der Waals surface area contributed by atoms with E-state index in [2.05, 4.69) is 31.0 Å². The Bertz CT molecular complexity index is 449. The van der Waals surface area contributed by atoms with E-state index >= 15 is 0 Å². The molecule has 1 aromatic heterocycles. The summed E-state index contributed by atoms with van der Waals surface area (Å²) in [7, 11) is -0.625. The molecule has 0 amide bonds. The lowest BCUT2D eigenvalue weighted by Crippen LogP contribution is -2.37. The highest BCUT2D eigenvalue weighted by Crippen LogP contribution is 2.31. The van der Waals surface area contributed by atoms with E-state index in [-0.39, 0.29) is 0 Å². The van der Waals surface area contributed by atoms with E-state index in [4.69, 9.17) is 4.98 Å². The number of aromatic nitrogens is 1. The molecule has 0 bridgehead atoms. The van der Waals surface area contributed by atoms with Gasteiger partial charge in [0.15, 0.2) is 5.13 Å². The summed E-state index contributed by atoms with van der Waals surface area (Å²) >= 11 is 1.80. The molecule has 1 aliphatic heterocycles. The number of anilines is 1. The fourth-order valence-corrected chi connectivity index (χ4v) is 4.56. The van der Waals surface area contributed by atoms with Gasteiger partial charge in [-0.25, -0.2) is 4.98 Å². The molecule has 0 saturated carbocycles. The Morgan fingerprint density at radius 1 is 1.40 bits per heavy atom. The van der Waals surface area contributed by atoms with Crippen molar-refractivity contribution in [2.24, 2.45) is 0 Å². The second-order valence-corrected chi connectivity index (χ2v) is 8.23. The normalized spacial score (nSPS) is 17.1. The number of thiazole rings is 1. The SMILES string of the molecule is CCCNCc1sc(N2CCS(=O)CC2)nc1C(C)C. The molecule has 114 valence electrons. The fourth-order valence-electron chi connectivity index (χ4n) is 2.27. The van der Waals surface area contributed by atoms with Crippen molar-refractivity contribution in [3.63, 3.8) is 0 Å². The second kappa shape index (κ2) is 7.52. The quantitative estimate of drug-likeness (QED) is 0.819. The van der Waals surface area contributed by atoms with Crippen LogP contribution in [0.15, 0.2) is 0 Å². The standard InChI is InChI=1S/C14H25N3OS2/c1-4-5-15-10-12-13(11(2)3)16-14(19-12)17-6-8-20(18)9-7-17/h11,15H,4-10H2,1-3H3. The lowest BCUT2D eigenvalue weighted by Gasteiger charge is -2.25. The minimum atomic E-state index is -0.625. The molecule has 1 saturated heterocycles. The zero-order valence-corrected chi connectivity index (χ0v) is 14.3. The Kier molecular flexibility index (Phi) is 5.99. The summed E-state index contributed by atoms with van der Waals surface area (Å²) in [4.78, 5) is 8.49. The van der Waals surface area contributed by atoms with E-state index in [0.29, 0.717) is 5.92 Å². The van der Waals surface area contributed by atoms with Crippen LogP contribution >= 0.6 is 11.3 Å². The van der Waals surface area contributed by atoms with E-state index in [9.17, 15) is 4.21 Å². The van der Waals surface area contributed by atoms with Crippen LogP contribution in [0.5, 0.6) is 0 Å². The molecular formula is C14H25N3OS2. The molecule has 0 unspecified atom stereocenters. The molecular weight excluding hydrogens is 290 g/mol. The van der Waals surface area contributed by atoms with Crippen molar-refractivity contribution in [3.05, 3.63) is 10.6 Å². The van der Waals surface area contributed by atoms with Gasteiger partial charge in [-0.15, -0.1) is 11.3 Å². The number of rotatable bonds is 6. The van der Waals surface area contributed by atoms with E-state index < -0.39 is 10.8 Å². The Labute approximate surface area is 128 Å². The van der Waals surface area contributed by atoms with Gasteiger partial charge in [-0.2, -0.15) is 0 Å². The van der Waals surface area contributed by atoms with Crippen LogP contribution in [0.25, 0.3) is 0 Å². The zero-order valence-electron chi connectivity index (χ0n) is 12.6. The summed E-state index contributed by atoms with van der Waals surface area (Å²) in [6.07, 6.45) is 1.15. The first-order chi connectivity index (χ1) is 9.61. The van der Waals surface area contributed by atoms with Crippen LogP contribution in [-0.4, -0.2) is 40.3 Å². The molecule has 20 heavy (non-hydrogen) atoms. The Hall–Kier alpha value is -0.460. The van der Waals surface area contributed by atoms with Gasteiger partial charge in [0.2, 0.25) is 0 Å². The van der Waals surface area contributed by atoms with Crippen LogP contribution in [0.2, 0.25) is 0 Å². The summed E-state index contributed by atoms with van der Waals surface area (Å²) in [6.45, 7) is 10.3. The molecule has 6 heteroatoms. The van der Waals surface area contributed by atoms with Crippen LogP contribution in [0, 0.1) is 0 Å². The van der Waals surface area contributed by atoms with Gasteiger partial charge in [0.25, 0.3) is 0 Å². The van der Waals surface area contributed by atoms with Gasteiger partial charge in [-0.1, -0.05) is 20.8 Å². The summed E-state index contributed by atoms with van der Waals surface area (Å²) in [5.41, 5.74) is 1.22. The first kappa shape index (κ1) is 15.9. The van der Waals surface area contributed by atoms with Crippen LogP contribution in [0.3, 0.4) is 0 Å². The van der Waals surface area contributed by atoms with Crippen LogP contribution < -0.4 is 10.2 Å². The van der Waals surface area contributed by atoms with Crippen molar-refractivity contribution in [3.8, 4) is 0 Å². The van der Waals surface area contributed by atoms with Gasteiger partial charge in [-0.05, 0) is 18.9 Å². The topological polar surface area (TPSA) is 45.2 Å². The smallest absolute Gasteiger partial charge is 0.185 e. The molecule has 2 heterocycles. The monoisotopic (exact) mass is 315 g/mol. The first-order valence-corrected chi connectivity index (χ1v) is 9.72. The Balaban J connectivity index is 2.09. The maximum absolute atomic E-state index is 11.5. The summed E-state index contributed by atoms with van der Waals surface area (Å²) in [5, 5.41) is 4.58. The van der Waals surface area contributed by atoms with Crippen molar-refractivity contribution in [2.75, 3.05) is 36.0 Å². The lowest BCUT2D eigenvalue weighted by atomic mass is 10.1. The van der Waals surface area contributed by atoms with Crippen molar-refractivity contribution >= 4 is 27.3 Å². The third-order valence-corrected chi connectivity index (χ3v) is 5.83. The van der Waals surface area contributed by atoms with Gasteiger partial charge in [0.1, 0.15) is 0 Å². The van der Waals surface area contributed by atoms with Gasteiger partial charge in [0.05, 0.1) is 5.69 Å². The van der Waals surface area contributed by atoms with Crippen molar-refractivity contribution < 1.29 is 4.21 Å². The second-order valence-electron chi connectivity index (χ2n) is 5.47. The molecule has 0 aliphatic carbocycles. The van der Waals surface area contributed by atoms with Crippen LogP contribution in [-0.2, 0) is 17.3 Å². The molecule has 1 aliphatic rings. The lowest BCUT2D eigenvalue weighted by molar-refractivity contribution is 0.669. The number of nitrogens with zero attached hydrogens (tertiary/aromatic N) is 2. The highest BCUT2D eigenvalue weighted by Gasteiger charge is 2.21. The molecule has 2 rings (SSSR count). The summed E-state index contributed by atoms with van der Waals surface area (Å²) in [6, 6.07) is 0. The van der Waals surface area contributed by atoms with Crippen molar-refractivity contribution in [1.82, 2.24) is 10.3 Å². The summed E-state index contributed by atoms with van der Waals surface area (Å²) < 4.78 is 11.5. The predicted molar refractivity (Wildman–Crippen MR) is 88.3 cm³/mol. The number of hydrogen-bond acceptors (Lipinski definition) is 5. The first-order valence-electron chi connectivity index (χ1n) is 7.42. The van der Waals surface area contributed by atoms with Crippen LogP contribution in [0.4, 0.5) is 5.13 Å². The van der Waals surface area contributed by atoms with Gasteiger partial charge in [-0.3, -0.25) is 4.21 Å². The van der Waals surface area contributed by atoms with Gasteiger partial charge < -0.3 is 10.2 Å². The van der Waals surface area contributed by atoms with Crippen LogP contribution in [0.1, 0.15) is 43.7 Å². The molecule has 0 radical (unpaired) electrons. The molecule has 0 atom stereocenters. The molecule has 1 N–H and O–H groups in total. The van der Waals surface area contributed by atoms with Crippen molar-refractivity contribution in [2.45, 2.75) is 39.7 Å². The van der Waals surface area contributed by atoms with E-state index in [1.54, 1.807) is 11.3 Å². The van der Waals surface area contributed by atoms with Crippen molar-refractivity contribution in [1.29, 1.82) is 0 Å². The fraction of sp³-hybridized carbons (Fsp3) is 0.786. The maximum Gasteiger partial charge on any atom is 0.185 e. The highest BCUT2D eigenvalue weighted by atomic mass is 32.2. The molecule has 0 spiro atoms. The average Bonchev–Trinajstić information content (AvgIpc) is 2.84. The number of nitrogens with one attached hydrogen (secondary N) is 1. The zero-order chi connectivity index (χ0) is 14.5. The Morgan fingerprint density at radius 3 is 2.70 bits per heavy atom. The average molecular weight is 316 g/mol. The number of hydrogen-bond donors (Lipinski definition) is 1. The van der Waals surface area contributed by atoms with Gasteiger partial charge >= 0.3 is 0 Å². The predicted octanol–water partition coefficient (Wildman–Crippen LogP) is 2.33. The Morgan fingerprint density at radius 2 is 2.10 bits per heavy atom. The van der Waals surface area contributed by atoms with E-state index in [0.717, 1.165) is 49.2 Å². The highest BCUT2D eigenvalue weighted by molar-refractivity contribution is 7.85. The molecule has 1 fully saturated rings. The molecule has 1 aromatic rings. The molecule has 0 aromatic carbocycles. The third-order valence-electron chi connectivity index (χ3n) is 3.42. The summed E-state index contributed by atoms with van der Waals surface area (Å²) in [5.74, 6) is 2.01. The minimum Gasteiger partial charge on any atom is -0.346 e. The third kappa shape index (κ3) is 4.02. The van der Waals surface area contributed by atoms with E-state index in [1.807, 2.05) is 0 Å². The maximum atomic E-state index is 11.5. The largest absolute Gasteiger partial charge is 0.346 e. The molecule has 4 nitrogen and oxygen atoms in total. The van der Waals surface area contributed by atoms with Gasteiger partial charge in [0, 0.05) is 46.8 Å². The van der Waals surface area contributed by atoms with E-state index in [1.165, 1.54) is 10.6 Å².